The average molecular weight is 447 g/mol. The number of benzene rings is 3. The largest absolute Gasteiger partial charge is 0.322 e. The van der Waals surface area contributed by atoms with Crippen molar-refractivity contribution < 1.29 is 17.6 Å². The van der Waals surface area contributed by atoms with E-state index in [1.165, 1.54) is 18.2 Å². The molecule has 0 atom stereocenters. The molecule has 0 fully saturated rings. The summed E-state index contributed by atoms with van der Waals surface area (Å²) in [7, 11) is -3.71. The van der Waals surface area contributed by atoms with Crippen molar-refractivity contribution in [2.75, 3.05) is 15.9 Å². The summed E-state index contributed by atoms with van der Waals surface area (Å²) in [6, 6.07) is 17.4. The van der Waals surface area contributed by atoms with Crippen LogP contribution in [-0.4, -0.2) is 20.6 Å². The van der Waals surface area contributed by atoms with Crippen molar-refractivity contribution in [2.24, 2.45) is 0 Å². The molecule has 5 nitrogen and oxygen atoms in total. The molecule has 0 radical (unpaired) electrons. The van der Waals surface area contributed by atoms with E-state index in [0.717, 1.165) is 16.1 Å². The van der Waals surface area contributed by atoms with E-state index in [9.17, 15) is 17.6 Å². The molecule has 8 heteroatoms. The number of nitrogens with zero attached hydrogens (tertiary/aromatic N) is 1. The highest BCUT2D eigenvalue weighted by molar-refractivity contribution is 7.92. The molecule has 3 rings (SSSR count). The molecular formula is C22H20ClFN2O3S. The van der Waals surface area contributed by atoms with Gasteiger partial charge < -0.3 is 5.32 Å². The number of amides is 1. The first-order chi connectivity index (χ1) is 14.2. The summed E-state index contributed by atoms with van der Waals surface area (Å²) >= 11 is 6.08. The van der Waals surface area contributed by atoms with Gasteiger partial charge >= 0.3 is 0 Å². The fourth-order valence-corrected chi connectivity index (χ4v) is 3.96. The van der Waals surface area contributed by atoms with Crippen LogP contribution >= 0.6 is 11.6 Å². The Morgan fingerprint density at radius 1 is 1.03 bits per heavy atom. The molecule has 0 saturated carbocycles. The summed E-state index contributed by atoms with van der Waals surface area (Å²) in [5.74, 6) is -0.947. The number of anilines is 2. The minimum absolute atomic E-state index is 0.0294. The Morgan fingerprint density at radius 3 is 2.33 bits per heavy atom. The maximum Gasteiger partial charge on any atom is 0.255 e. The van der Waals surface area contributed by atoms with Gasteiger partial charge in [0.25, 0.3) is 5.91 Å². The van der Waals surface area contributed by atoms with Crippen LogP contribution in [0.2, 0.25) is 5.02 Å². The molecule has 0 aliphatic rings. The number of halogens is 2. The minimum atomic E-state index is -3.71. The summed E-state index contributed by atoms with van der Waals surface area (Å²) in [6.07, 6.45) is 1.02. The van der Waals surface area contributed by atoms with Gasteiger partial charge in [0.05, 0.1) is 18.5 Å². The highest BCUT2D eigenvalue weighted by Gasteiger charge is 2.21. The molecule has 30 heavy (non-hydrogen) atoms. The maximum absolute atomic E-state index is 14.1. The summed E-state index contributed by atoms with van der Waals surface area (Å²) in [5.41, 5.74) is 2.35. The first-order valence-corrected chi connectivity index (χ1v) is 11.3. The Kier molecular flexibility index (Phi) is 6.43. The van der Waals surface area contributed by atoms with Gasteiger partial charge in [-0.15, -0.1) is 0 Å². The van der Waals surface area contributed by atoms with Gasteiger partial charge in [-0.25, -0.2) is 12.8 Å². The minimum Gasteiger partial charge on any atom is -0.322 e. The lowest BCUT2D eigenvalue weighted by atomic mass is 10.1. The third-order valence-corrected chi connectivity index (χ3v) is 6.12. The molecule has 1 N–H and O–H groups in total. The van der Waals surface area contributed by atoms with Crippen LogP contribution in [0.3, 0.4) is 0 Å². The van der Waals surface area contributed by atoms with E-state index in [-0.39, 0.29) is 18.1 Å². The molecule has 3 aromatic rings. The molecule has 0 heterocycles. The maximum atomic E-state index is 14.1. The summed E-state index contributed by atoms with van der Waals surface area (Å²) in [6.45, 7) is 1.75. The number of carbonyl (C=O) groups excluding carboxylic acids is 1. The van der Waals surface area contributed by atoms with Crippen LogP contribution in [0.1, 0.15) is 21.5 Å². The van der Waals surface area contributed by atoms with Crippen LogP contribution in [0, 0.1) is 12.7 Å². The number of hydrogen-bond donors (Lipinski definition) is 1. The first kappa shape index (κ1) is 21.8. The average Bonchev–Trinajstić information content (AvgIpc) is 2.70. The third kappa shape index (κ3) is 4.98. The van der Waals surface area contributed by atoms with E-state index in [1.54, 1.807) is 48.5 Å². The fourth-order valence-electron chi connectivity index (χ4n) is 2.90. The molecule has 0 aliphatic heterocycles. The van der Waals surface area contributed by atoms with Gasteiger partial charge in [-0.1, -0.05) is 41.9 Å². The van der Waals surface area contributed by atoms with Crippen LogP contribution in [0.4, 0.5) is 15.8 Å². The van der Waals surface area contributed by atoms with Gasteiger partial charge in [-0.3, -0.25) is 9.10 Å². The van der Waals surface area contributed by atoms with Crippen molar-refractivity contribution >= 4 is 38.9 Å². The lowest BCUT2D eigenvalue weighted by Crippen LogP contribution is -2.30. The topological polar surface area (TPSA) is 66.5 Å². The van der Waals surface area contributed by atoms with Crippen LogP contribution in [0.5, 0.6) is 0 Å². The van der Waals surface area contributed by atoms with Crippen molar-refractivity contribution in [1.29, 1.82) is 0 Å². The van der Waals surface area contributed by atoms with E-state index in [2.05, 4.69) is 5.32 Å². The quantitative estimate of drug-likeness (QED) is 0.579. The Hall–Kier alpha value is -2.90. The van der Waals surface area contributed by atoms with Crippen molar-refractivity contribution in [3.05, 3.63) is 94.3 Å². The van der Waals surface area contributed by atoms with Crippen molar-refractivity contribution in [1.82, 2.24) is 0 Å². The van der Waals surface area contributed by atoms with E-state index < -0.39 is 15.8 Å². The van der Waals surface area contributed by atoms with Gasteiger partial charge in [0.1, 0.15) is 5.82 Å². The molecule has 0 aliphatic carbocycles. The highest BCUT2D eigenvalue weighted by atomic mass is 35.5. The zero-order chi connectivity index (χ0) is 21.9. The summed E-state index contributed by atoms with van der Waals surface area (Å²) in [4.78, 5) is 12.5. The normalized spacial score (nSPS) is 11.2. The lowest BCUT2D eigenvalue weighted by molar-refractivity contribution is 0.102. The van der Waals surface area contributed by atoms with Gasteiger partial charge in [-0.2, -0.15) is 0 Å². The molecular weight excluding hydrogens is 427 g/mol. The van der Waals surface area contributed by atoms with Crippen molar-refractivity contribution in [3.63, 3.8) is 0 Å². The second kappa shape index (κ2) is 8.85. The first-order valence-electron chi connectivity index (χ1n) is 9.04. The van der Waals surface area contributed by atoms with Crippen molar-refractivity contribution in [3.8, 4) is 0 Å². The van der Waals surface area contributed by atoms with Crippen LogP contribution < -0.4 is 9.62 Å². The van der Waals surface area contributed by atoms with Crippen LogP contribution in [0.15, 0.2) is 66.7 Å². The zero-order valence-corrected chi connectivity index (χ0v) is 18.0. The zero-order valence-electron chi connectivity index (χ0n) is 16.4. The molecule has 0 saturated heterocycles. The molecule has 0 spiro atoms. The van der Waals surface area contributed by atoms with E-state index in [4.69, 9.17) is 11.6 Å². The van der Waals surface area contributed by atoms with E-state index in [1.807, 2.05) is 6.92 Å². The van der Waals surface area contributed by atoms with Gasteiger partial charge in [0.2, 0.25) is 10.0 Å². The Balaban J connectivity index is 1.80. The molecule has 3 aromatic carbocycles. The highest BCUT2D eigenvalue weighted by Crippen LogP contribution is 2.25. The number of nitrogens with one attached hydrogen (secondary N) is 1. The fraction of sp³-hybridized carbons (Fsp3) is 0.136. The summed E-state index contributed by atoms with van der Waals surface area (Å²) in [5, 5.41) is 3.36. The predicted octanol–water partition coefficient (Wildman–Crippen LogP) is 5.01. The monoisotopic (exact) mass is 446 g/mol. The Morgan fingerprint density at radius 2 is 1.70 bits per heavy atom. The third-order valence-electron chi connectivity index (χ3n) is 4.58. The van der Waals surface area contributed by atoms with Gasteiger partial charge in [0.15, 0.2) is 0 Å². The molecule has 1 amide bonds. The molecule has 0 unspecified atom stereocenters. The second-order valence-electron chi connectivity index (χ2n) is 6.78. The smallest absolute Gasteiger partial charge is 0.255 e. The van der Waals surface area contributed by atoms with E-state index in [0.29, 0.717) is 21.8 Å². The van der Waals surface area contributed by atoms with Crippen LogP contribution in [0.25, 0.3) is 0 Å². The number of sulfonamides is 1. The molecule has 156 valence electrons. The standard InChI is InChI=1S/C22H20ClFN2O3S/c1-15-18(23)6-5-8-20(15)25-22(27)17-12-10-16(11-13-17)14-26(30(2,28)29)21-9-4-3-7-19(21)24/h3-13H,14H2,1-2H3,(H,25,27). The second-order valence-corrected chi connectivity index (χ2v) is 9.10. The predicted molar refractivity (Wildman–Crippen MR) is 118 cm³/mol. The number of carbonyl (C=O) groups is 1. The number of para-hydroxylation sites is 1. The van der Waals surface area contributed by atoms with Gasteiger partial charge in [0, 0.05) is 16.3 Å². The van der Waals surface area contributed by atoms with E-state index >= 15 is 0 Å². The number of rotatable bonds is 6. The SMILES string of the molecule is Cc1c(Cl)cccc1NC(=O)c1ccc(CN(c2ccccc2F)S(C)(=O)=O)cc1. The van der Waals surface area contributed by atoms with Crippen LogP contribution in [-0.2, 0) is 16.6 Å². The molecule has 0 aromatic heterocycles. The lowest BCUT2D eigenvalue weighted by Gasteiger charge is -2.23. The Labute approximate surface area is 180 Å². The number of hydrogen-bond acceptors (Lipinski definition) is 3. The Bertz CT molecular complexity index is 1180. The summed E-state index contributed by atoms with van der Waals surface area (Å²) < 4.78 is 39.6. The van der Waals surface area contributed by atoms with Crippen molar-refractivity contribution in [2.45, 2.75) is 13.5 Å². The molecule has 0 bridgehead atoms. The van der Waals surface area contributed by atoms with Gasteiger partial charge in [-0.05, 0) is 54.4 Å².